The molecule has 0 amide bonds. The molecule has 0 aliphatic rings. The second-order valence-corrected chi connectivity index (χ2v) is 4.22. The first-order valence-corrected chi connectivity index (χ1v) is 5.29. The number of halogens is 1. The Bertz CT molecular complexity index is 394. The van der Waals surface area contributed by atoms with Gasteiger partial charge in [0, 0.05) is 0 Å². The number of nitrogens with zero attached hydrogens (tertiary/aromatic N) is 1. The van der Waals surface area contributed by atoms with Crippen LogP contribution in [0.2, 0.25) is 0 Å². The van der Waals surface area contributed by atoms with Crippen molar-refractivity contribution in [1.29, 1.82) is 0 Å². The zero-order valence-corrected chi connectivity index (χ0v) is 8.64. The molecule has 4 heteroatoms. The topological polar surface area (TPSA) is 24.9 Å². The Morgan fingerprint density at radius 3 is 3.00 bits per heavy atom. The SMILES string of the molecule is C[C@@H](CF)Nc1nc2ccccc2s1. The van der Waals surface area contributed by atoms with E-state index in [4.69, 9.17) is 0 Å². The molecule has 74 valence electrons. The zero-order chi connectivity index (χ0) is 9.97. The number of benzene rings is 1. The Hall–Kier alpha value is -1.16. The van der Waals surface area contributed by atoms with E-state index in [0.717, 1.165) is 15.3 Å². The number of thiazole rings is 1. The first-order valence-electron chi connectivity index (χ1n) is 4.47. The van der Waals surface area contributed by atoms with Crippen LogP contribution in [0.1, 0.15) is 6.92 Å². The van der Waals surface area contributed by atoms with E-state index in [0.29, 0.717) is 0 Å². The molecule has 1 aromatic carbocycles. The molecule has 1 atom stereocenters. The quantitative estimate of drug-likeness (QED) is 0.842. The molecule has 0 saturated carbocycles. The molecule has 0 radical (unpaired) electrons. The van der Waals surface area contributed by atoms with Crippen LogP contribution in [0.4, 0.5) is 9.52 Å². The van der Waals surface area contributed by atoms with Gasteiger partial charge in [0.15, 0.2) is 5.13 Å². The number of hydrogen-bond donors (Lipinski definition) is 1. The Balaban J connectivity index is 2.27. The lowest BCUT2D eigenvalue weighted by Crippen LogP contribution is -2.16. The summed E-state index contributed by atoms with van der Waals surface area (Å²) in [6.45, 7) is 1.42. The van der Waals surface area contributed by atoms with E-state index in [1.165, 1.54) is 0 Å². The fraction of sp³-hybridized carbons (Fsp3) is 0.300. The normalized spacial score (nSPS) is 13.0. The third-order valence-corrected chi connectivity index (χ3v) is 2.86. The third-order valence-electron chi connectivity index (χ3n) is 1.90. The van der Waals surface area contributed by atoms with Gasteiger partial charge in [0.2, 0.25) is 0 Å². The van der Waals surface area contributed by atoms with Crippen molar-refractivity contribution in [2.24, 2.45) is 0 Å². The predicted octanol–water partition coefficient (Wildman–Crippen LogP) is 3.07. The van der Waals surface area contributed by atoms with Crippen LogP contribution in [0.15, 0.2) is 24.3 Å². The second-order valence-electron chi connectivity index (χ2n) is 3.19. The highest BCUT2D eigenvalue weighted by Crippen LogP contribution is 2.25. The van der Waals surface area contributed by atoms with Crippen LogP contribution in [0.25, 0.3) is 10.2 Å². The van der Waals surface area contributed by atoms with Gasteiger partial charge in [-0.1, -0.05) is 23.5 Å². The standard InChI is InChI=1S/C10H11FN2S/c1-7(6-11)12-10-13-8-4-2-3-5-9(8)14-10/h2-5,7H,6H2,1H3,(H,12,13)/t7-/m0/s1. The monoisotopic (exact) mass is 210 g/mol. The van der Waals surface area contributed by atoms with Gasteiger partial charge in [-0.2, -0.15) is 0 Å². The second kappa shape index (κ2) is 3.92. The predicted molar refractivity (Wildman–Crippen MR) is 58.7 cm³/mol. The Morgan fingerprint density at radius 2 is 2.29 bits per heavy atom. The molecule has 0 unspecified atom stereocenters. The number of alkyl halides is 1. The minimum absolute atomic E-state index is 0.171. The fourth-order valence-corrected chi connectivity index (χ4v) is 2.16. The van der Waals surface area contributed by atoms with E-state index in [1.807, 2.05) is 24.3 Å². The molecule has 0 spiro atoms. The lowest BCUT2D eigenvalue weighted by molar-refractivity contribution is 0.460. The molecular weight excluding hydrogens is 199 g/mol. The number of rotatable bonds is 3. The van der Waals surface area contributed by atoms with Gasteiger partial charge in [-0.3, -0.25) is 0 Å². The first kappa shape index (κ1) is 9.40. The molecule has 1 aromatic heterocycles. The molecule has 0 fully saturated rings. The van der Waals surface area contributed by atoms with Crippen molar-refractivity contribution in [2.75, 3.05) is 12.0 Å². The van der Waals surface area contributed by atoms with E-state index in [1.54, 1.807) is 18.3 Å². The maximum atomic E-state index is 12.2. The Kier molecular flexibility index (Phi) is 2.63. The van der Waals surface area contributed by atoms with Crippen molar-refractivity contribution >= 4 is 26.7 Å². The molecule has 2 rings (SSSR count). The number of para-hydroxylation sites is 1. The smallest absolute Gasteiger partial charge is 0.184 e. The number of aromatic nitrogens is 1. The van der Waals surface area contributed by atoms with Gasteiger partial charge >= 0.3 is 0 Å². The van der Waals surface area contributed by atoms with Gasteiger partial charge in [-0.05, 0) is 19.1 Å². The van der Waals surface area contributed by atoms with Crippen LogP contribution in [-0.2, 0) is 0 Å². The van der Waals surface area contributed by atoms with Crippen molar-refractivity contribution in [3.05, 3.63) is 24.3 Å². The summed E-state index contributed by atoms with van der Waals surface area (Å²) in [5.41, 5.74) is 0.964. The van der Waals surface area contributed by atoms with E-state index in [9.17, 15) is 4.39 Å². The van der Waals surface area contributed by atoms with Crippen LogP contribution in [0.3, 0.4) is 0 Å². The summed E-state index contributed by atoms with van der Waals surface area (Å²) in [5.74, 6) is 0. The maximum absolute atomic E-state index is 12.2. The number of fused-ring (bicyclic) bond motifs is 1. The molecule has 2 nitrogen and oxygen atoms in total. The van der Waals surface area contributed by atoms with E-state index in [-0.39, 0.29) is 12.7 Å². The van der Waals surface area contributed by atoms with Crippen molar-refractivity contribution in [3.63, 3.8) is 0 Å². The van der Waals surface area contributed by atoms with Gasteiger partial charge in [0.25, 0.3) is 0 Å². The van der Waals surface area contributed by atoms with E-state index in [2.05, 4.69) is 10.3 Å². The molecule has 0 saturated heterocycles. The summed E-state index contributed by atoms with van der Waals surface area (Å²) in [6.07, 6.45) is 0. The summed E-state index contributed by atoms with van der Waals surface area (Å²) in [6, 6.07) is 7.72. The molecule has 0 bridgehead atoms. The molecular formula is C10H11FN2S. The van der Waals surface area contributed by atoms with Crippen molar-refractivity contribution in [3.8, 4) is 0 Å². The molecule has 1 N–H and O–H groups in total. The molecule has 0 aliphatic heterocycles. The highest BCUT2D eigenvalue weighted by atomic mass is 32.1. The maximum Gasteiger partial charge on any atom is 0.184 e. The van der Waals surface area contributed by atoms with Crippen molar-refractivity contribution in [2.45, 2.75) is 13.0 Å². The first-order chi connectivity index (χ1) is 6.79. The van der Waals surface area contributed by atoms with Crippen LogP contribution in [-0.4, -0.2) is 17.7 Å². The van der Waals surface area contributed by atoms with Crippen LogP contribution < -0.4 is 5.32 Å². The highest BCUT2D eigenvalue weighted by Gasteiger charge is 2.05. The van der Waals surface area contributed by atoms with E-state index < -0.39 is 0 Å². The van der Waals surface area contributed by atoms with Crippen LogP contribution >= 0.6 is 11.3 Å². The minimum Gasteiger partial charge on any atom is -0.356 e. The van der Waals surface area contributed by atoms with Gasteiger partial charge in [0.05, 0.1) is 16.3 Å². The Morgan fingerprint density at radius 1 is 1.50 bits per heavy atom. The average Bonchev–Trinajstić information content (AvgIpc) is 2.59. The summed E-state index contributed by atoms with van der Waals surface area (Å²) in [5, 5.41) is 3.80. The summed E-state index contributed by atoms with van der Waals surface area (Å²) >= 11 is 1.55. The largest absolute Gasteiger partial charge is 0.356 e. The lowest BCUT2D eigenvalue weighted by atomic mass is 10.3. The Labute approximate surface area is 85.8 Å². The van der Waals surface area contributed by atoms with Gasteiger partial charge in [0.1, 0.15) is 6.67 Å². The van der Waals surface area contributed by atoms with Crippen molar-refractivity contribution < 1.29 is 4.39 Å². The summed E-state index contributed by atoms with van der Waals surface area (Å²) in [4.78, 5) is 4.34. The van der Waals surface area contributed by atoms with Gasteiger partial charge in [-0.15, -0.1) is 0 Å². The van der Waals surface area contributed by atoms with E-state index >= 15 is 0 Å². The van der Waals surface area contributed by atoms with Gasteiger partial charge in [-0.25, -0.2) is 9.37 Å². The summed E-state index contributed by atoms with van der Waals surface area (Å²) in [7, 11) is 0. The number of anilines is 1. The third kappa shape index (κ3) is 1.85. The van der Waals surface area contributed by atoms with Crippen LogP contribution in [0.5, 0.6) is 0 Å². The van der Waals surface area contributed by atoms with Crippen LogP contribution in [0, 0.1) is 0 Å². The average molecular weight is 210 g/mol. The molecule has 2 aromatic rings. The zero-order valence-electron chi connectivity index (χ0n) is 7.83. The number of nitrogens with one attached hydrogen (secondary N) is 1. The molecule has 1 heterocycles. The van der Waals surface area contributed by atoms with Gasteiger partial charge < -0.3 is 5.32 Å². The minimum atomic E-state index is -0.379. The lowest BCUT2D eigenvalue weighted by Gasteiger charge is -2.06. The number of hydrogen-bond acceptors (Lipinski definition) is 3. The highest BCUT2D eigenvalue weighted by molar-refractivity contribution is 7.22. The molecule has 0 aliphatic carbocycles. The molecule has 14 heavy (non-hydrogen) atoms. The fourth-order valence-electron chi connectivity index (χ4n) is 1.18. The summed E-state index contributed by atoms with van der Waals surface area (Å²) < 4.78 is 13.4. The van der Waals surface area contributed by atoms with Crippen molar-refractivity contribution in [1.82, 2.24) is 4.98 Å².